The Hall–Kier alpha value is -0.940. The van der Waals surface area contributed by atoms with Crippen LogP contribution in [0.5, 0.6) is 0 Å². The largest absolute Gasteiger partial charge is 0.385 e. The summed E-state index contributed by atoms with van der Waals surface area (Å²) in [5.74, 6) is -0.537. The number of amides is 1. The lowest BCUT2D eigenvalue weighted by Crippen LogP contribution is -2.47. The molecule has 0 saturated carbocycles. The number of carbonyl (C=O) groups excluding carboxylic acids is 2. The second-order valence-electron chi connectivity index (χ2n) is 4.02. The third kappa shape index (κ3) is 3.28. The summed E-state index contributed by atoms with van der Waals surface area (Å²) in [6.45, 7) is 3.76. The highest BCUT2D eigenvalue weighted by atomic mass is 16.5. The molecule has 0 aliphatic carbocycles. The summed E-state index contributed by atoms with van der Waals surface area (Å²) >= 11 is 0. The maximum atomic E-state index is 11.2. The van der Waals surface area contributed by atoms with Gasteiger partial charge >= 0.3 is 0 Å². The van der Waals surface area contributed by atoms with Crippen molar-refractivity contribution in [2.24, 2.45) is 0 Å². The molecule has 0 aromatic carbocycles. The van der Waals surface area contributed by atoms with Crippen LogP contribution in [-0.4, -0.2) is 41.7 Å². The fourth-order valence-corrected chi connectivity index (χ4v) is 1.54. The van der Waals surface area contributed by atoms with E-state index in [0.29, 0.717) is 13.0 Å². The minimum Gasteiger partial charge on any atom is -0.385 e. The zero-order valence-corrected chi connectivity index (χ0v) is 9.08. The van der Waals surface area contributed by atoms with E-state index in [1.807, 2.05) is 0 Å². The number of nitrogens with one attached hydrogen (secondary N) is 1. The summed E-state index contributed by atoms with van der Waals surface area (Å²) in [6, 6.07) is 0. The average molecular weight is 215 g/mol. The first-order valence-corrected chi connectivity index (χ1v) is 5.04. The third-order valence-corrected chi connectivity index (χ3v) is 2.66. The van der Waals surface area contributed by atoms with E-state index >= 15 is 0 Å². The van der Waals surface area contributed by atoms with Crippen LogP contribution < -0.4 is 5.32 Å². The molecule has 5 nitrogen and oxygen atoms in total. The lowest BCUT2D eigenvalue weighted by Gasteiger charge is -2.25. The molecular weight excluding hydrogens is 198 g/mol. The molecule has 5 heteroatoms. The van der Waals surface area contributed by atoms with Crippen molar-refractivity contribution >= 4 is 11.7 Å². The summed E-state index contributed by atoms with van der Waals surface area (Å²) in [6.07, 6.45) is 0.0925. The molecule has 1 fully saturated rings. The minimum absolute atomic E-state index is 0.134. The molecule has 1 aliphatic rings. The molecule has 15 heavy (non-hydrogen) atoms. The lowest BCUT2D eigenvalue weighted by molar-refractivity contribution is -0.128. The van der Waals surface area contributed by atoms with E-state index in [2.05, 4.69) is 5.32 Å². The van der Waals surface area contributed by atoms with Crippen LogP contribution in [-0.2, 0) is 14.3 Å². The predicted molar refractivity (Wildman–Crippen MR) is 53.3 cm³/mol. The molecule has 0 bridgehead atoms. The monoisotopic (exact) mass is 215 g/mol. The number of hydrogen-bond acceptors (Lipinski definition) is 4. The van der Waals surface area contributed by atoms with Gasteiger partial charge < -0.3 is 15.2 Å². The normalized spacial score (nSPS) is 30.2. The van der Waals surface area contributed by atoms with Crippen molar-refractivity contribution in [2.75, 3.05) is 13.2 Å². The summed E-state index contributed by atoms with van der Waals surface area (Å²) in [7, 11) is 0. The molecule has 2 N–H and O–H groups in total. The van der Waals surface area contributed by atoms with Gasteiger partial charge in [-0.15, -0.1) is 0 Å². The van der Waals surface area contributed by atoms with Crippen molar-refractivity contribution in [1.82, 2.24) is 5.32 Å². The maximum Gasteiger partial charge on any atom is 0.227 e. The number of carbonyl (C=O) groups is 2. The summed E-state index contributed by atoms with van der Waals surface area (Å²) in [4.78, 5) is 21.8. The molecule has 1 aliphatic heterocycles. The predicted octanol–water partition coefficient (Wildman–Crippen LogP) is -0.378. The van der Waals surface area contributed by atoms with E-state index in [1.165, 1.54) is 6.92 Å². The molecule has 1 amide bonds. The SMILES string of the molecule is CC(=O)CC(=O)NCC1(O)CCOC1C. The first-order valence-electron chi connectivity index (χ1n) is 5.04. The number of ether oxygens (including phenoxy) is 1. The van der Waals surface area contributed by atoms with Crippen molar-refractivity contribution in [2.45, 2.75) is 38.4 Å². The molecule has 86 valence electrons. The van der Waals surface area contributed by atoms with Gasteiger partial charge in [0.1, 0.15) is 11.4 Å². The van der Waals surface area contributed by atoms with Crippen LogP contribution in [0.4, 0.5) is 0 Å². The van der Waals surface area contributed by atoms with Gasteiger partial charge in [-0.2, -0.15) is 0 Å². The van der Waals surface area contributed by atoms with Crippen molar-refractivity contribution < 1.29 is 19.4 Å². The van der Waals surface area contributed by atoms with Crippen LogP contribution in [0, 0.1) is 0 Å². The maximum absolute atomic E-state index is 11.2. The highest BCUT2D eigenvalue weighted by Crippen LogP contribution is 2.24. The molecule has 0 radical (unpaired) electrons. The molecule has 1 rings (SSSR count). The highest BCUT2D eigenvalue weighted by Gasteiger charge is 2.39. The topological polar surface area (TPSA) is 75.6 Å². The molecule has 0 aromatic heterocycles. The van der Waals surface area contributed by atoms with Crippen LogP contribution in [0.1, 0.15) is 26.7 Å². The van der Waals surface area contributed by atoms with Gasteiger partial charge in [-0.3, -0.25) is 9.59 Å². The van der Waals surface area contributed by atoms with Gasteiger partial charge in [-0.05, 0) is 13.8 Å². The Morgan fingerprint density at radius 2 is 2.27 bits per heavy atom. The van der Waals surface area contributed by atoms with Crippen molar-refractivity contribution in [3.63, 3.8) is 0 Å². The highest BCUT2D eigenvalue weighted by molar-refractivity contribution is 5.96. The third-order valence-electron chi connectivity index (χ3n) is 2.66. The smallest absolute Gasteiger partial charge is 0.227 e. The van der Waals surface area contributed by atoms with Crippen molar-refractivity contribution in [3.05, 3.63) is 0 Å². The summed E-state index contributed by atoms with van der Waals surface area (Å²) in [5.41, 5.74) is -0.994. The van der Waals surface area contributed by atoms with Crippen LogP contribution in [0.2, 0.25) is 0 Å². The Labute approximate surface area is 88.8 Å². The van der Waals surface area contributed by atoms with Gasteiger partial charge in [-0.25, -0.2) is 0 Å². The van der Waals surface area contributed by atoms with Gasteiger partial charge in [0.2, 0.25) is 5.91 Å². The first kappa shape index (κ1) is 12.1. The number of hydrogen-bond donors (Lipinski definition) is 2. The Bertz CT molecular complexity index is 266. The Morgan fingerprint density at radius 3 is 2.73 bits per heavy atom. The Balaban J connectivity index is 2.36. The van der Waals surface area contributed by atoms with Gasteiger partial charge in [0.15, 0.2) is 0 Å². The minimum atomic E-state index is -0.994. The zero-order chi connectivity index (χ0) is 11.5. The summed E-state index contributed by atoms with van der Waals surface area (Å²) in [5, 5.41) is 12.6. The molecule has 1 heterocycles. The Kier molecular flexibility index (Phi) is 3.82. The average Bonchev–Trinajstić information content (AvgIpc) is 2.44. The van der Waals surface area contributed by atoms with Gasteiger partial charge in [-0.1, -0.05) is 0 Å². The number of ketones is 1. The van der Waals surface area contributed by atoms with Crippen molar-refractivity contribution in [3.8, 4) is 0 Å². The fraction of sp³-hybridized carbons (Fsp3) is 0.800. The van der Waals surface area contributed by atoms with E-state index in [4.69, 9.17) is 4.74 Å². The van der Waals surface area contributed by atoms with E-state index in [-0.39, 0.29) is 30.8 Å². The second kappa shape index (κ2) is 4.72. The molecule has 2 atom stereocenters. The quantitative estimate of drug-likeness (QED) is 0.627. The van der Waals surface area contributed by atoms with Crippen molar-refractivity contribution in [1.29, 1.82) is 0 Å². The van der Waals surface area contributed by atoms with Gasteiger partial charge in [0.05, 0.1) is 12.5 Å². The summed E-state index contributed by atoms with van der Waals surface area (Å²) < 4.78 is 5.21. The second-order valence-corrected chi connectivity index (χ2v) is 4.02. The zero-order valence-electron chi connectivity index (χ0n) is 9.08. The van der Waals surface area contributed by atoms with E-state index < -0.39 is 5.60 Å². The standard InChI is InChI=1S/C10H17NO4/c1-7(12)5-9(13)11-6-10(14)3-4-15-8(10)2/h8,14H,3-6H2,1-2H3,(H,11,13). The first-order chi connectivity index (χ1) is 6.94. The fourth-order valence-electron chi connectivity index (χ4n) is 1.54. The number of rotatable bonds is 4. The molecule has 0 aromatic rings. The van der Waals surface area contributed by atoms with Gasteiger partial charge in [0.25, 0.3) is 0 Å². The van der Waals surface area contributed by atoms with Crippen LogP contribution >= 0.6 is 0 Å². The van der Waals surface area contributed by atoms with Crippen LogP contribution in [0.15, 0.2) is 0 Å². The molecule has 1 saturated heterocycles. The van der Waals surface area contributed by atoms with Gasteiger partial charge in [0, 0.05) is 19.6 Å². The number of Topliss-reactive ketones (excluding diaryl/α,β-unsaturated/α-hetero) is 1. The Morgan fingerprint density at radius 1 is 1.60 bits per heavy atom. The molecule has 0 spiro atoms. The van der Waals surface area contributed by atoms with Crippen LogP contribution in [0.3, 0.4) is 0 Å². The van der Waals surface area contributed by atoms with E-state index in [9.17, 15) is 14.7 Å². The van der Waals surface area contributed by atoms with Crippen LogP contribution in [0.25, 0.3) is 0 Å². The van der Waals surface area contributed by atoms with E-state index in [1.54, 1.807) is 6.92 Å². The lowest BCUT2D eigenvalue weighted by atomic mass is 9.97. The van der Waals surface area contributed by atoms with E-state index in [0.717, 1.165) is 0 Å². The number of aliphatic hydroxyl groups is 1. The molecular formula is C10H17NO4. The molecule has 2 unspecified atom stereocenters.